The van der Waals surface area contributed by atoms with Crippen molar-refractivity contribution in [3.8, 4) is 0 Å². The zero-order chi connectivity index (χ0) is 18.8. The largest absolute Gasteiger partial charge is 0.398 e. The highest BCUT2D eigenvalue weighted by Crippen LogP contribution is 2.32. The molecule has 8 nitrogen and oxygen atoms in total. The van der Waals surface area contributed by atoms with E-state index in [1.165, 1.54) is 12.1 Å². The lowest BCUT2D eigenvalue weighted by atomic mass is 10.0. The van der Waals surface area contributed by atoms with Crippen LogP contribution < -0.4 is 11.1 Å². The van der Waals surface area contributed by atoms with Crippen molar-refractivity contribution < 1.29 is 9.72 Å². The Bertz CT molecular complexity index is 1020. The van der Waals surface area contributed by atoms with E-state index >= 15 is 0 Å². The summed E-state index contributed by atoms with van der Waals surface area (Å²) in [5, 5.41) is 15.0. The topological polar surface area (TPSA) is 114 Å². The van der Waals surface area contributed by atoms with Crippen LogP contribution in [0.5, 0.6) is 0 Å². The first-order chi connectivity index (χ1) is 12.4. The number of hydrogen-bond donors (Lipinski definition) is 2. The number of aromatic nitrogens is 1. The van der Waals surface area contributed by atoms with Crippen LogP contribution in [-0.2, 0) is 0 Å². The van der Waals surface area contributed by atoms with Gasteiger partial charge in [-0.15, -0.1) is 0 Å². The first kappa shape index (κ1) is 17.6. The van der Waals surface area contributed by atoms with Crippen LogP contribution in [0.25, 0.3) is 21.8 Å². The smallest absolute Gasteiger partial charge is 0.270 e. The standard InChI is InChI=1S/C18H19N5O3/c1-22(2)9-8-20-18(24)13-5-3-4-12-16(19)14-10-11(23(25)26)6-7-15(14)21-17(12)13/h3-7,10H,8-9H2,1-2H3,(H2,19,21)(H,20,24). The number of anilines is 1. The lowest BCUT2D eigenvalue weighted by Crippen LogP contribution is -2.31. The van der Waals surface area contributed by atoms with Gasteiger partial charge in [0, 0.05) is 36.0 Å². The minimum absolute atomic E-state index is 0.0528. The zero-order valence-electron chi connectivity index (χ0n) is 14.5. The third kappa shape index (κ3) is 3.27. The van der Waals surface area contributed by atoms with Crippen molar-refractivity contribution in [2.45, 2.75) is 0 Å². The second-order valence-corrected chi connectivity index (χ2v) is 6.24. The number of hydrogen-bond acceptors (Lipinski definition) is 6. The molecule has 0 atom stereocenters. The Balaban J connectivity index is 2.09. The van der Waals surface area contributed by atoms with Crippen molar-refractivity contribution in [1.29, 1.82) is 0 Å². The van der Waals surface area contributed by atoms with E-state index in [2.05, 4.69) is 10.3 Å². The highest BCUT2D eigenvalue weighted by molar-refractivity contribution is 6.13. The summed E-state index contributed by atoms with van der Waals surface area (Å²) in [6, 6.07) is 9.50. The van der Waals surface area contributed by atoms with Crippen LogP contribution in [0.3, 0.4) is 0 Å². The van der Waals surface area contributed by atoms with Gasteiger partial charge in [-0.05, 0) is 26.2 Å². The van der Waals surface area contributed by atoms with Gasteiger partial charge in [0.15, 0.2) is 0 Å². The summed E-state index contributed by atoms with van der Waals surface area (Å²) < 4.78 is 0. The molecule has 1 amide bonds. The van der Waals surface area contributed by atoms with E-state index in [4.69, 9.17) is 5.73 Å². The molecule has 0 aliphatic heterocycles. The Morgan fingerprint density at radius 1 is 1.27 bits per heavy atom. The third-order valence-electron chi connectivity index (χ3n) is 4.13. The maximum atomic E-state index is 12.5. The number of para-hydroxylation sites is 1. The number of benzene rings is 2. The molecule has 134 valence electrons. The molecule has 0 unspecified atom stereocenters. The number of rotatable bonds is 5. The predicted molar refractivity (Wildman–Crippen MR) is 101 cm³/mol. The van der Waals surface area contributed by atoms with Crippen LogP contribution in [0.15, 0.2) is 36.4 Å². The van der Waals surface area contributed by atoms with Crippen molar-refractivity contribution in [2.24, 2.45) is 0 Å². The van der Waals surface area contributed by atoms with E-state index in [-0.39, 0.29) is 11.6 Å². The number of pyridine rings is 1. The summed E-state index contributed by atoms with van der Waals surface area (Å²) >= 11 is 0. The van der Waals surface area contributed by atoms with Crippen LogP contribution in [0.1, 0.15) is 10.4 Å². The molecule has 3 aromatic rings. The van der Waals surface area contributed by atoms with Gasteiger partial charge < -0.3 is 16.0 Å². The SMILES string of the molecule is CN(C)CCNC(=O)c1cccc2c(N)c3cc([N+](=O)[O-])ccc3nc12. The van der Waals surface area contributed by atoms with Gasteiger partial charge in [0.2, 0.25) is 0 Å². The van der Waals surface area contributed by atoms with Gasteiger partial charge in [-0.25, -0.2) is 4.98 Å². The average molecular weight is 353 g/mol. The fourth-order valence-electron chi connectivity index (χ4n) is 2.77. The summed E-state index contributed by atoms with van der Waals surface area (Å²) in [7, 11) is 3.86. The fourth-order valence-corrected chi connectivity index (χ4v) is 2.77. The summed E-state index contributed by atoms with van der Waals surface area (Å²) in [5.74, 6) is -0.231. The van der Waals surface area contributed by atoms with Crippen LogP contribution >= 0.6 is 0 Å². The minimum Gasteiger partial charge on any atom is -0.398 e. The number of likely N-dealkylation sites (N-methyl/N-ethyl adjacent to an activating group) is 1. The summed E-state index contributed by atoms with van der Waals surface area (Å²) in [5.41, 5.74) is 7.96. The van der Waals surface area contributed by atoms with Crippen LogP contribution in [-0.4, -0.2) is 47.9 Å². The molecule has 0 spiro atoms. The summed E-state index contributed by atoms with van der Waals surface area (Å²) in [6.45, 7) is 1.23. The molecule has 0 aliphatic rings. The Kier molecular flexibility index (Phi) is 4.68. The lowest BCUT2D eigenvalue weighted by Gasteiger charge is -2.12. The zero-order valence-corrected chi connectivity index (χ0v) is 14.5. The van der Waals surface area contributed by atoms with Crippen molar-refractivity contribution in [1.82, 2.24) is 15.2 Å². The molecular formula is C18H19N5O3. The number of fused-ring (bicyclic) bond motifs is 2. The van der Waals surface area contributed by atoms with Crippen molar-refractivity contribution in [2.75, 3.05) is 32.9 Å². The highest BCUT2D eigenvalue weighted by Gasteiger charge is 2.16. The quantitative estimate of drug-likeness (QED) is 0.413. The molecule has 0 bridgehead atoms. The monoisotopic (exact) mass is 353 g/mol. The highest BCUT2D eigenvalue weighted by atomic mass is 16.6. The summed E-state index contributed by atoms with van der Waals surface area (Å²) in [4.78, 5) is 29.6. The third-order valence-corrected chi connectivity index (χ3v) is 4.13. The molecule has 1 heterocycles. The molecule has 0 radical (unpaired) electrons. The number of nitro groups is 1. The second-order valence-electron chi connectivity index (χ2n) is 6.24. The van der Waals surface area contributed by atoms with E-state index in [0.29, 0.717) is 39.6 Å². The van der Waals surface area contributed by atoms with Crippen LogP contribution in [0.2, 0.25) is 0 Å². The second kappa shape index (κ2) is 6.93. The van der Waals surface area contributed by atoms with Gasteiger partial charge in [0.1, 0.15) is 0 Å². The van der Waals surface area contributed by atoms with E-state index in [1.54, 1.807) is 24.3 Å². The van der Waals surface area contributed by atoms with Crippen molar-refractivity contribution in [3.05, 3.63) is 52.1 Å². The number of nitrogen functional groups attached to an aromatic ring is 1. The van der Waals surface area contributed by atoms with Crippen LogP contribution in [0.4, 0.5) is 11.4 Å². The molecule has 8 heteroatoms. The number of nitrogens with zero attached hydrogens (tertiary/aromatic N) is 3. The van der Waals surface area contributed by atoms with Gasteiger partial charge >= 0.3 is 0 Å². The molecule has 1 aromatic heterocycles. The van der Waals surface area contributed by atoms with Gasteiger partial charge in [-0.1, -0.05) is 12.1 Å². The molecule has 3 N–H and O–H groups in total. The molecule has 2 aromatic carbocycles. The van der Waals surface area contributed by atoms with Gasteiger partial charge in [-0.3, -0.25) is 14.9 Å². The fraction of sp³-hybridized carbons (Fsp3) is 0.222. The maximum absolute atomic E-state index is 12.5. The van der Waals surface area contributed by atoms with E-state index in [9.17, 15) is 14.9 Å². The minimum atomic E-state index is -0.475. The van der Waals surface area contributed by atoms with Gasteiger partial charge in [-0.2, -0.15) is 0 Å². The number of nitrogens with two attached hydrogens (primary N) is 1. The predicted octanol–water partition coefficient (Wildman–Crippen LogP) is 2.17. The van der Waals surface area contributed by atoms with Gasteiger partial charge in [0.25, 0.3) is 11.6 Å². The number of carbonyl (C=O) groups excluding carboxylic acids is 1. The molecule has 0 saturated heterocycles. The number of amides is 1. The number of carbonyl (C=O) groups is 1. The molecule has 0 fully saturated rings. The Labute approximate surface area is 149 Å². The van der Waals surface area contributed by atoms with E-state index < -0.39 is 4.92 Å². The van der Waals surface area contributed by atoms with Crippen LogP contribution in [0, 0.1) is 10.1 Å². The first-order valence-electron chi connectivity index (χ1n) is 8.08. The molecule has 0 aliphatic carbocycles. The molecular weight excluding hydrogens is 334 g/mol. The first-order valence-corrected chi connectivity index (χ1v) is 8.08. The normalized spacial score (nSPS) is 11.2. The maximum Gasteiger partial charge on any atom is 0.270 e. The van der Waals surface area contributed by atoms with Crippen molar-refractivity contribution in [3.63, 3.8) is 0 Å². The lowest BCUT2D eigenvalue weighted by molar-refractivity contribution is -0.384. The Hall–Kier alpha value is -3.26. The summed E-state index contributed by atoms with van der Waals surface area (Å²) in [6.07, 6.45) is 0. The number of non-ortho nitro benzene ring substituents is 1. The number of nitrogens with one attached hydrogen (secondary N) is 1. The molecule has 0 saturated carbocycles. The number of nitro benzene ring substituents is 1. The molecule has 3 rings (SSSR count). The Morgan fingerprint density at radius 2 is 2.04 bits per heavy atom. The van der Waals surface area contributed by atoms with Gasteiger partial charge in [0.05, 0.1) is 27.2 Å². The van der Waals surface area contributed by atoms with E-state index in [1.807, 2.05) is 19.0 Å². The average Bonchev–Trinajstić information content (AvgIpc) is 2.60. The molecule has 26 heavy (non-hydrogen) atoms. The Morgan fingerprint density at radius 3 is 2.73 bits per heavy atom. The van der Waals surface area contributed by atoms with E-state index in [0.717, 1.165) is 6.54 Å². The van der Waals surface area contributed by atoms with Crippen molar-refractivity contribution >= 4 is 39.1 Å².